The van der Waals surface area contributed by atoms with Crippen molar-refractivity contribution in [2.24, 2.45) is 4.99 Å². The van der Waals surface area contributed by atoms with Crippen LogP contribution in [0.15, 0.2) is 47.5 Å². The third-order valence-electron chi connectivity index (χ3n) is 4.81. The number of carbonyl (C=O) groups excluding carboxylic acids is 1. The van der Waals surface area contributed by atoms with E-state index in [0.29, 0.717) is 23.8 Å². The molecule has 0 spiro atoms. The Hall–Kier alpha value is -2.86. The lowest BCUT2D eigenvalue weighted by molar-refractivity contribution is 0.0975. The summed E-state index contributed by atoms with van der Waals surface area (Å²) in [5, 5.41) is 6.11. The minimum absolute atomic E-state index is 0.102. The predicted octanol–water partition coefficient (Wildman–Crippen LogP) is 3.69. The zero-order valence-electron chi connectivity index (χ0n) is 16.6. The highest BCUT2D eigenvalue weighted by molar-refractivity contribution is 6.10. The molecule has 6 heteroatoms. The SMILES string of the molecule is COc1cccc(C(=O)NC(=NCC2CCCO2)Nc2ccc(C)c(C)c2)c1. The molecule has 0 aromatic heterocycles. The van der Waals surface area contributed by atoms with Gasteiger partial charge in [-0.1, -0.05) is 12.1 Å². The molecule has 1 atom stereocenters. The molecular weight excluding hydrogens is 354 g/mol. The first-order valence-electron chi connectivity index (χ1n) is 9.51. The van der Waals surface area contributed by atoms with Gasteiger partial charge in [0.05, 0.1) is 19.8 Å². The first kappa shape index (κ1) is 19.9. The number of ether oxygens (including phenoxy) is 2. The molecule has 1 saturated heterocycles. The lowest BCUT2D eigenvalue weighted by Crippen LogP contribution is -2.36. The van der Waals surface area contributed by atoms with E-state index in [2.05, 4.69) is 29.5 Å². The molecule has 1 heterocycles. The molecule has 2 aromatic carbocycles. The van der Waals surface area contributed by atoms with E-state index in [1.807, 2.05) is 18.2 Å². The quantitative estimate of drug-likeness (QED) is 0.612. The minimum Gasteiger partial charge on any atom is -0.497 e. The number of nitrogens with zero attached hydrogens (tertiary/aromatic N) is 1. The van der Waals surface area contributed by atoms with Crippen molar-refractivity contribution >= 4 is 17.6 Å². The van der Waals surface area contributed by atoms with Crippen LogP contribution in [0.1, 0.15) is 34.3 Å². The van der Waals surface area contributed by atoms with Gasteiger partial charge in [0, 0.05) is 17.9 Å². The molecule has 1 aliphatic rings. The van der Waals surface area contributed by atoms with E-state index in [4.69, 9.17) is 9.47 Å². The van der Waals surface area contributed by atoms with Crippen molar-refractivity contribution < 1.29 is 14.3 Å². The van der Waals surface area contributed by atoms with Crippen molar-refractivity contribution in [3.05, 3.63) is 59.2 Å². The Morgan fingerprint density at radius 3 is 2.79 bits per heavy atom. The number of aryl methyl sites for hydroxylation is 2. The highest BCUT2D eigenvalue weighted by Crippen LogP contribution is 2.16. The van der Waals surface area contributed by atoms with Crippen LogP contribution in [-0.4, -0.2) is 38.2 Å². The third kappa shape index (κ3) is 5.33. The largest absolute Gasteiger partial charge is 0.497 e. The Morgan fingerprint density at radius 1 is 1.21 bits per heavy atom. The average Bonchev–Trinajstić information content (AvgIpc) is 3.22. The van der Waals surface area contributed by atoms with Crippen LogP contribution in [0, 0.1) is 13.8 Å². The summed E-state index contributed by atoms with van der Waals surface area (Å²) in [4.78, 5) is 17.3. The number of aliphatic imine (C=N–C) groups is 1. The normalized spacial score (nSPS) is 16.7. The van der Waals surface area contributed by atoms with Crippen LogP contribution in [0.5, 0.6) is 5.75 Å². The monoisotopic (exact) mass is 381 g/mol. The van der Waals surface area contributed by atoms with E-state index in [0.717, 1.165) is 25.1 Å². The summed E-state index contributed by atoms with van der Waals surface area (Å²) in [7, 11) is 1.58. The Morgan fingerprint density at radius 2 is 2.07 bits per heavy atom. The number of anilines is 1. The van der Waals surface area contributed by atoms with Crippen molar-refractivity contribution in [2.45, 2.75) is 32.8 Å². The van der Waals surface area contributed by atoms with E-state index >= 15 is 0 Å². The number of benzene rings is 2. The molecule has 3 rings (SSSR count). The van der Waals surface area contributed by atoms with Crippen molar-refractivity contribution in [3.63, 3.8) is 0 Å². The zero-order valence-corrected chi connectivity index (χ0v) is 16.6. The number of carbonyl (C=O) groups is 1. The van der Waals surface area contributed by atoms with Gasteiger partial charge in [-0.15, -0.1) is 0 Å². The number of hydrogen-bond acceptors (Lipinski definition) is 4. The molecule has 2 N–H and O–H groups in total. The summed E-state index contributed by atoms with van der Waals surface area (Å²) in [5.41, 5.74) is 3.76. The van der Waals surface area contributed by atoms with Gasteiger partial charge in [-0.2, -0.15) is 0 Å². The number of nitrogens with one attached hydrogen (secondary N) is 2. The maximum Gasteiger partial charge on any atom is 0.258 e. The standard InChI is InChI=1S/C22H27N3O3/c1-15-9-10-18(12-16(15)2)24-22(23-14-20-8-5-11-28-20)25-21(26)17-6-4-7-19(13-17)27-3/h4,6-7,9-10,12-13,20H,5,8,11,14H2,1-3H3,(H2,23,24,25,26). The molecule has 0 bridgehead atoms. The van der Waals surface area contributed by atoms with Crippen molar-refractivity contribution in [3.8, 4) is 5.75 Å². The van der Waals surface area contributed by atoms with E-state index in [-0.39, 0.29) is 12.0 Å². The second kappa shape index (κ2) is 9.37. The molecule has 148 valence electrons. The molecular formula is C22H27N3O3. The fraction of sp³-hybridized carbons (Fsp3) is 0.364. The van der Waals surface area contributed by atoms with Gasteiger partial charge in [-0.05, 0) is 68.1 Å². The Kier molecular flexibility index (Phi) is 6.66. The van der Waals surface area contributed by atoms with Gasteiger partial charge in [0.2, 0.25) is 5.96 Å². The second-order valence-corrected chi connectivity index (χ2v) is 6.93. The van der Waals surface area contributed by atoms with Gasteiger partial charge in [0.15, 0.2) is 0 Å². The summed E-state index contributed by atoms with van der Waals surface area (Å²) in [6, 6.07) is 13.1. The van der Waals surface area contributed by atoms with Crippen molar-refractivity contribution in [1.29, 1.82) is 0 Å². The summed E-state index contributed by atoms with van der Waals surface area (Å²) in [6.07, 6.45) is 2.14. The van der Waals surface area contributed by atoms with Gasteiger partial charge in [-0.25, -0.2) is 4.99 Å². The zero-order chi connectivity index (χ0) is 19.9. The number of amides is 1. The maximum absolute atomic E-state index is 12.7. The van der Waals surface area contributed by atoms with Gasteiger partial charge in [0.1, 0.15) is 5.75 Å². The third-order valence-corrected chi connectivity index (χ3v) is 4.81. The molecule has 1 aliphatic heterocycles. The number of methoxy groups -OCH3 is 1. The lowest BCUT2D eigenvalue weighted by Gasteiger charge is -2.14. The van der Waals surface area contributed by atoms with Crippen LogP contribution < -0.4 is 15.4 Å². The minimum atomic E-state index is -0.249. The van der Waals surface area contributed by atoms with Crippen LogP contribution in [0.4, 0.5) is 5.69 Å². The fourth-order valence-corrected chi connectivity index (χ4v) is 2.99. The topological polar surface area (TPSA) is 72.0 Å². The predicted molar refractivity (Wildman–Crippen MR) is 111 cm³/mol. The van der Waals surface area contributed by atoms with Crippen LogP contribution in [-0.2, 0) is 4.74 Å². The molecule has 0 saturated carbocycles. The Labute approximate surface area is 166 Å². The van der Waals surface area contributed by atoms with Crippen LogP contribution in [0.2, 0.25) is 0 Å². The molecule has 0 aliphatic carbocycles. The highest BCUT2D eigenvalue weighted by Gasteiger charge is 2.16. The average molecular weight is 381 g/mol. The van der Waals surface area contributed by atoms with Crippen molar-refractivity contribution in [1.82, 2.24) is 5.32 Å². The van der Waals surface area contributed by atoms with E-state index < -0.39 is 0 Å². The Balaban J connectivity index is 1.76. The summed E-state index contributed by atoms with van der Waals surface area (Å²) < 4.78 is 10.8. The molecule has 1 amide bonds. The molecule has 1 unspecified atom stereocenters. The number of rotatable bonds is 5. The van der Waals surface area contributed by atoms with Gasteiger partial charge >= 0.3 is 0 Å². The van der Waals surface area contributed by atoms with E-state index in [9.17, 15) is 4.79 Å². The smallest absolute Gasteiger partial charge is 0.258 e. The first-order chi connectivity index (χ1) is 13.5. The van der Waals surface area contributed by atoms with Gasteiger partial charge in [-0.3, -0.25) is 10.1 Å². The molecule has 0 radical (unpaired) electrons. The van der Waals surface area contributed by atoms with Gasteiger partial charge < -0.3 is 14.8 Å². The van der Waals surface area contributed by atoms with Crippen molar-refractivity contribution in [2.75, 3.05) is 25.6 Å². The van der Waals surface area contributed by atoms with Gasteiger partial charge in [0.25, 0.3) is 5.91 Å². The summed E-state index contributed by atoms with van der Waals surface area (Å²) in [6.45, 7) is 5.40. The lowest BCUT2D eigenvalue weighted by atomic mass is 10.1. The second-order valence-electron chi connectivity index (χ2n) is 6.93. The van der Waals surface area contributed by atoms with Crippen LogP contribution in [0.3, 0.4) is 0 Å². The van der Waals surface area contributed by atoms with E-state index in [1.54, 1.807) is 31.4 Å². The first-order valence-corrected chi connectivity index (χ1v) is 9.51. The van der Waals surface area contributed by atoms with Crippen LogP contribution in [0.25, 0.3) is 0 Å². The molecule has 2 aromatic rings. The fourth-order valence-electron chi connectivity index (χ4n) is 2.99. The highest BCUT2D eigenvalue weighted by atomic mass is 16.5. The Bertz CT molecular complexity index is 858. The number of hydrogen-bond donors (Lipinski definition) is 2. The summed E-state index contributed by atoms with van der Waals surface area (Å²) >= 11 is 0. The summed E-state index contributed by atoms with van der Waals surface area (Å²) in [5.74, 6) is 0.792. The molecule has 6 nitrogen and oxygen atoms in total. The number of guanidine groups is 1. The molecule has 28 heavy (non-hydrogen) atoms. The maximum atomic E-state index is 12.7. The van der Waals surface area contributed by atoms with E-state index in [1.165, 1.54) is 11.1 Å². The molecule has 1 fully saturated rings. The van der Waals surface area contributed by atoms with Crippen LogP contribution >= 0.6 is 0 Å².